The first-order valence-corrected chi connectivity index (χ1v) is 7.27. The van der Waals surface area contributed by atoms with Gasteiger partial charge in [0.1, 0.15) is 23.9 Å². The molecule has 2 rings (SSSR count). The minimum absolute atomic E-state index is 0.666. The van der Waals surface area contributed by atoms with E-state index >= 15 is 0 Å². The molecule has 0 atom stereocenters. The van der Waals surface area contributed by atoms with E-state index in [9.17, 15) is 0 Å². The number of likely N-dealkylation sites (N-methyl/N-ethyl adjacent to an activating group) is 1. The number of aryl methyl sites for hydroxylation is 1. The van der Waals surface area contributed by atoms with Crippen molar-refractivity contribution in [1.82, 2.24) is 10.2 Å². The van der Waals surface area contributed by atoms with Gasteiger partial charge in [0.25, 0.3) is 0 Å². The van der Waals surface area contributed by atoms with E-state index in [1.165, 1.54) is 5.56 Å². The van der Waals surface area contributed by atoms with Crippen LogP contribution in [0.3, 0.4) is 0 Å². The van der Waals surface area contributed by atoms with Gasteiger partial charge in [-0.25, -0.2) is 0 Å². The normalized spacial score (nSPS) is 11.0. The van der Waals surface area contributed by atoms with Crippen LogP contribution in [0.1, 0.15) is 17.1 Å². The third-order valence-corrected chi connectivity index (χ3v) is 3.24. The lowest BCUT2D eigenvalue weighted by atomic mass is 10.2. The van der Waals surface area contributed by atoms with Crippen molar-refractivity contribution in [2.45, 2.75) is 20.0 Å². The summed E-state index contributed by atoms with van der Waals surface area (Å²) in [5.41, 5.74) is 1.23. The number of hydrogen-bond acceptors (Lipinski definition) is 4. The van der Waals surface area contributed by atoms with Gasteiger partial charge >= 0.3 is 0 Å². The van der Waals surface area contributed by atoms with Crippen molar-refractivity contribution < 1.29 is 9.15 Å². The summed E-state index contributed by atoms with van der Waals surface area (Å²) in [7, 11) is 4.01. The second-order valence-corrected chi connectivity index (χ2v) is 5.28. The van der Waals surface area contributed by atoms with Crippen LogP contribution in [-0.4, -0.2) is 32.1 Å². The molecule has 0 fully saturated rings. The highest BCUT2D eigenvalue weighted by Gasteiger charge is 2.04. The van der Waals surface area contributed by atoms with Gasteiger partial charge in [0.15, 0.2) is 0 Å². The molecule has 0 aliphatic rings. The molecule has 1 aromatic carbocycles. The quantitative estimate of drug-likeness (QED) is 0.810. The van der Waals surface area contributed by atoms with Gasteiger partial charge in [0, 0.05) is 13.1 Å². The van der Waals surface area contributed by atoms with E-state index in [1.54, 1.807) is 0 Å². The maximum atomic E-state index is 5.81. The predicted molar refractivity (Wildman–Crippen MR) is 84.5 cm³/mol. The average molecular weight is 288 g/mol. The van der Waals surface area contributed by atoms with Crippen molar-refractivity contribution in [2.24, 2.45) is 0 Å². The van der Waals surface area contributed by atoms with Gasteiger partial charge in [-0.1, -0.05) is 12.1 Å². The van der Waals surface area contributed by atoms with E-state index in [2.05, 4.69) is 29.4 Å². The summed E-state index contributed by atoms with van der Waals surface area (Å²) in [5, 5.41) is 3.14. The van der Waals surface area contributed by atoms with Gasteiger partial charge in [0.05, 0.1) is 6.54 Å². The fourth-order valence-electron chi connectivity index (χ4n) is 2.18. The summed E-state index contributed by atoms with van der Waals surface area (Å²) in [4.78, 5) is 2.19. The number of nitrogens with zero attached hydrogens (tertiary/aromatic N) is 1. The number of rotatable bonds is 8. The van der Waals surface area contributed by atoms with Crippen molar-refractivity contribution in [3.63, 3.8) is 0 Å². The molecule has 4 nitrogen and oxygen atoms in total. The molecule has 0 bridgehead atoms. The zero-order chi connectivity index (χ0) is 15.1. The van der Waals surface area contributed by atoms with Crippen LogP contribution in [0, 0.1) is 6.92 Å². The maximum absolute atomic E-state index is 5.81. The second kappa shape index (κ2) is 7.86. The van der Waals surface area contributed by atoms with Crippen molar-refractivity contribution >= 4 is 0 Å². The molecular formula is C17H24N2O2. The Hall–Kier alpha value is -1.78. The summed E-state index contributed by atoms with van der Waals surface area (Å²) >= 11 is 0. The smallest absolute Gasteiger partial charge is 0.119 e. The van der Waals surface area contributed by atoms with E-state index < -0.39 is 0 Å². The van der Waals surface area contributed by atoms with E-state index in [1.807, 2.05) is 38.2 Å². The van der Waals surface area contributed by atoms with Gasteiger partial charge in [-0.15, -0.1) is 0 Å². The second-order valence-electron chi connectivity index (χ2n) is 5.28. The first kappa shape index (κ1) is 15.6. The van der Waals surface area contributed by atoms with Crippen LogP contribution in [0.15, 0.2) is 40.8 Å². The standard InChI is InChI=1S/C17H24N2O2/c1-14-7-8-17(21-14)13-19(3)9-10-20-16-6-4-5-15(11-16)12-18-2/h4-8,11,18H,9-10,12-13H2,1-3H3. The van der Waals surface area contributed by atoms with E-state index in [4.69, 9.17) is 9.15 Å². The van der Waals surface area contributed by atoms with Gasteiger partial charge in [-0.2, -0.15) is 0 Å². The highest BCUT2D eigenvalue weighted by molar-refractivity contribution is 5.28. The van der Waals surface area contributed by atoms with E-state index in [0.29, 0.717) is 6.61 Å². The Morgan fingerprint density at radius 1 is 1.24 bits per heavy atom. The summed E-state index contributed by atoms with van der Waals surface area (Å²) in [5.74, 6) is 2.87. The molecule has 0 aliphatic heterocycles. The third kappa shape index (κ3) is 5.25. The molecule has 0 saturated heterocycles. The molecule has 0 saturated carbocycles. The van der Waals surface area contributed by atoms with Crippen LogP contribution in [0.25, 0.3) is 0 Å². The molecule has 1 N–H and O–H groups in total. The number of ether oxygens (including phenoxy) is 1. The molecule has 0 radical (unpaired) electrons. The summed E-state index contributed by atoms with van der Waals surface area (Å²) < 4.78 is 11.4. The number of hydrogen-bond donors (Lipinski definition) is 1. The SMILES string of the molecule is CNCc1cccc(OCCN(C)Cc2ccc(C)o2)c1. The maximum Gasteiger partial charge on any atom is 0.119 e. The van der Waals surface area contributed by atoms with Crippen molar-refractivity contribution in [1.29, 1.82) is 0 Å². The van der Waals surface area contributed by atoms with Gasteiger partial charge in [-0.3, -0.25) is 4.90 Å². The monoisotopic (exact) mass is 288 g/mol. The van der Waals surface area contributed by atoms with Crippen LogP contribution in [0.5, 0.6) is 5.75 Å². The third-order valence-electron chi connectivity index (χ3n) is 3.24. The van der Waals surface area contributed by atoms with Gasteiger partial charge < -0.3 is 14.5 Å². The lowest BCUT2D eigenvalue weighted by Gasteiger charge is -2.16. The lowest BCUT2D eigenvalue weighted by molar-refractivity contribution is 0.221. The Balaban J connectivity index is 1.74. The molecule has 0 amide bonds. The summed E-state index contributed by atoms with van der Waals surface area (Å²) in [6, 6.07) is 12.2. The van der Waals surface area contributed by atoms with Gasteiger partial charge in [-0.05, 0) is 50.8 Å². The number of nitrogens with one attached hydrogen (secondary N) is 1. The van der Waals surface area contributed by atoms with Crippen LogP contribution >= 0.6 is 0 Å². The van der Waals surface area contributed by atoms with Crippen LogP contribution in [0.2, 0.25) is 0 Å². The summed E-state index contributed by atoms with van der Waals surface area (Å²) in [6.45, 7) is 5.14. The number of benzene rings is 1. The fourth-order valence-corrected chi connectivity index (χ4v) is 2.18. The molecule has 0 aliphatic carbocycles. The molecule has 2 aromatic rings. The van der Waals surface area contributed by atoms with Crippen LogP contribution < -0.4 is 10.1 Å². The fraction of sp³-hybridized carbons (Fsp3) is 0.412. The molecule has 1 aromatic heterocycles. The number of furan rings is 1. The Morgan fingerprint density at radius 3 is 2.81 bits per heavy atom. The van der Waals surface area contributed by atoms with Crippen molar-refractivity contribution in [2.75, 3.05) is 27.2 Å². The van der Waals surface area contributed by atoms with Crippen molar-refractivity contribution in [3.8, 4) is 5.75 Å². The van der Waals surface area contributed by atoms with E-state index in [-0.39, 0.29) is 0 Å². The average Bonchev–Trinajstić information content (AvgIpc) is 2.85. The van der Waals surface area contributed by atoms with Crippen LogP contribution in [0.4, 0.5) is 0 Å². The first-order valence-electron chi connectivity index (χ1n) is 7.27. The topological polar surface area (TPSA) is 37.6 Å². The molecule has 1 heterocycles. The Labute approximate surface area is 126 Å². The minimum Gasteiger partial charge on any atom is -0.492 e. The van der Waals surface area contributed by atoms with Crippen LogP contribution in [-0.2, 0) is 13.1 Å². The first-order chi connectivity index (χ1) is 10.2. The zero-order valence-electron chi connectivity index (χ0n) is 13.1. The Morgan fingerprint density at radius 2 is 2.10 bits per heavy atom. The molecule has 4 heteroatoms. The van der Waals surface area contributed by atoms with Crippen molar-refractivity contribution in [3.05, 3.63) is 53.5 Å². The highest BCUT2D eigenvalue weighted by Crippen LogP contribution is 2.13. The Bertz CT molecular complexity index is 551. The largest absolute Gasteiger partial charge is 0.492 e. The summed E-state index contributed by atoms with van der Waals surface area (Å²) in [6.07, 6.45) is 0. The lowest BCUT2D eigenvalue weighted by Crippen LogP contribution is -2.23. The molecule has 0 unspecified atom stereocenters. The van der Waals surface area contributed by atoms with Gasteiger partial charge in [0.2, 0.25) is 0 Å². The molecule has 21 heavy (non-hydrogen) atoms. The molecule has 0 spiro atoms. The highest BCUT2D eigenvalue weighted by atomic mass is 16.5. The molecule has 114 valence electrons. The Kier molecular flexibility index (Phi) is 5.84. The predicted octanol–water partition coefficient (Wildman–Crippen LogP) is 2.82. The minimum atomic E-state index is 0.666. The zero-order valence-corrected chi connectivity index (χ0v) is 13.1. The molecular weight excluding hydrogens is 264 g/mol. The van der Waals surface area contributed by atoms with E-state index in [0.717, 1.165) is 36.9 Å².